The molecule has 3 aromatic heterocycles. The molecule has 1 aromatic carbocycles. The molecule has 1 unspecified atom stereocenters. The Kier molecular flexibility index (Phi) is 7.30. The molecule has 0 aliphatic carbocycles. The van der Waals surface area contributed by atoms with E-state index >= 15 is 0 Å². The Hall–Kier alpha value is -3.96. The number of nitrogens with zero attached hydrogens (tertiary/aromatic N) is 6. The van der Waals surface area contributed by atoms with Crippen LogP contribution in [0.4, 0.5) is 11.8 Å². The molecular formula is C26H29ClN8O3. The van der Waals surface area contributed by atoms with Crippen LogP contribution in [0.25, 0.3) is 22.1 Å². The predicted octanol–water partition coefficient (Wildman–Crippen LogP) is 3.73. The van der Waals surface area contributed by atoms with Gasteiger partial charge in [0.15, 0.2) is 5.58 Å². The Bertz CT molecular complexity index is 1520. The highest BCUT2D eigenvalue weighted by Crippen LogP contribution is 2.32. The van der Waals surface area contributed by atoms with Gasteiger partial charge in [-0.05, 0) is 37.7 Å². The van der Waals surface area contributed by atoms with Gasteiger partial charge in [0.1, 0.15) is 23.3 Å². The first kappa shape index (κ1) is 25.7. The summed E-state index contributed by atoms with van der Waals surface area (Å²) >= 11 is 6.03. The van der Waals surface area contributed by atoms with Crippen molar-refractivity contribution in [3.05, 3.63) is 53.5 Å². The average molecular weight is 537 g/mol. The van der Waals surface area contributed by atoms with Crippen molar-refractivity contribution < 1.29 is 14.0 Å². The van der Waals surface area contributed by atoms with Gasteiger partial charge < -0.3 is 24.5 Å². The summed E-state index contributed by atoms with van der Waals surface area (Å²) in [7, 11) is 0. The van der Waals surface area contributed by atoms with Gasteiger partial charge in [0.2, 0.25) is 5.91 Å². The molecule has 1 aliphatic rings. The molecule has 0 saturated carbocycles. The van der Waals surface area contributed by atoms with Crippen LogP contribution in [0.2, 0.25) is 5.02 Å². The number of amides is 2. The maximum Gasteiger partial charge on any atom is 0.302 e. The molecule has 0 spiro atoms. The van der Waals surface area contributed by atoms with Crippen LogP contribution in [0.3, 0.4) is 0 Å². The summed E-state index contributed by atoms with van der Waals surface area (Å²) in [5.41, 5.74) is 8.03. The maximum atomic E-state index is 13.3. The minimum Gasteiger partial charge on any atom is -0.423 e. The zero-order valence-corrected chi connectivity index (χ0v) is 22.0. The quantitative estimate of drug-likeness (QED) is 0.325. The second-order valence-corrected chi connectivity index (χ2v) is 9.54. The van der Waals surface area contributed by atoms with Crippen molar-refractivity contribution in [3.8, 4) is 0 Å². The van der Waals surface area contributed by atoms with Gasteiger partial charge in [-0.1, -0.05) is 31.5 Å². The van der Waals surface area contributed by atoms with E-state index in [2.05, 4.69) is 39.0 Å². The number of fused-ring (bicyclic) bond motifs is 2. The zero-order chi connectivity index (χ0) is 26.8. The number of carbonyl (C=O) groups excluding carboxylic acids is 2. The summed E-state index contributed by atoms with van der Waals surface area (Å²) in [6.45, 7) is 7.90. The maximum absolute atomic E-state index is 13.3. The Balaban J connectivity index is 1.36. The highest BCUT2D eigenvalue weighted by Gasteiger charge is 2.30. The van der Waals surface area contributed by atoms with Crippen molar-refractivity contribution >= 4 is 57.4 Å². The van der Waals surface area contributed by atoms with Crippen LogP contribution >= 0.6 is 11.6 Å². The van der Waals surface area contributed by atoms with Crippen LogP contribution in [0.15, 0.2) is 47.3 Å². The Labute approximate surface area is 224 Å². The molecule has 0 radical (unpaired) electrons. The fraction of sp³-hybridized carbons (Fsp3) is 0.346. The highest BCUT2D eigenvalue weighted by atomic mass is 35.5. The normalized spacial score (nSPS) is 15.9. The number of carbonyl (C=O) groups is 2. The number of hydrogen-bond donors (Lipinski definition) is 2. The lowest BCUT2D eigenvalue weighted by Gasteiger charge is -2.17. The third-order valence-electron chi connectivity index (χ3n) is 6.84. The van der Waals surface area contributed by atoms with Gasteiger partial charge in [0.05, 0.1) is 17.0 Å². The van der Waals surface area contributed by atoms with Gasteiger partial charge in [-0.15, -0.1) is 0 Å². The largest absolute Gasteiger partial charge is 0.423 e. The van der Waals surface area contributed by atoms with Crippen LogP contribution in [-0.2, 0) is 4.79 Å². The van der Waals surface area contributed by atoms with Gasteiger partial charge in [0, 0.05) is 36.9 Å². The molecule has 1 fully saturated rings. The summed E-state index contributed by atoms with van der Waals surface area (Å²) in [4.78, 5) is 42.9. The van der Waals surface area contributed by atoms with Gasteiger partial charge in [0.25, 0.3) is 5.91 Å². The third kappa shape index (κ3) is 5.07. The lowest BCUT2D eigenvalue weighted by atomic mass is 10.2. The van der Waals surface area contributed by atoms with E-state index in [9.17, 15) is 9.59 Å². The molecule has 4 heterocycles. The van der Waals surface area contributed by atoms with Crippen molar-refractivity contribution in [2.75, 3.05) is 43.8 Å². The van der Waals surface area contributed by atoms with Crippen LogP contribution < -0.4 is 11.1 Å². The summed E-state index contributed by atoms with van der Waals surface area (Å²) in [6, 6.07) is 4.99. The molecule has 11 nitrogen and oxygen atoms in total. The molecule has 12 heteroatoms. The second-order valence-electron chi connectivity index (χ2n) is 9.11. The summed E-state index contributed by atoms with van der Waals surface area (Å²) < 4.78 is 7.54. The number of likely N-dealkylation sites (tertiary alicyclic amines) is 1. The van der Waals surface area contributed by atoms with Gasteiger partial charge in [-0.25, -0.2) is 9.97 Å². The minimum atomic E-state index is -0.460. The molecule has 38 heavy (non-hydrogen) atoms. The monoisotopic (exact) mass is 536 g/mol. The van der Waals surface area contributed by atoms with Crippen LogP contribution in [-0.4, -0.2) is 73.9 Å². The number of rotatable bonds is 8. The Morgan fingerprint density at radius 3 is 2.89 bits per heavy atom. The van der Waals surface area contributed by atoms with Crippen molar-refractivity contribution in [2.45, 2.75) is 26.3 Å². The zero-order valence-electron chi connectivity index (χ0n) is 21.2. The van der Waals surface area contributed by atoms with Crippen LogP contribution in [0.1, 0.15) is 36.7 Å². The number of oxazole rings is 1. The van der Waals surface area contributed by atoms with Crippen molar-refractivity contribution in [3.63, 3.8) is 0 Å². The predicted molar refractivity (Wildman–Crippen MR) is 146 cm³/mol. The minimum absolute atomic E-state index is 0.0284. The molecule has 3 N–H and O–H groups in total. The number of benzene rings is 1. The summed E-state index contributed by atoms with van der Waals surface area (Å²) in [6.07, 6.45) is 7.34. The lowest BCUT2D eigenvalue weighted by Crippen LogP contribution is -2.28. The van der Waals surface area contributed by atoms with E-state index in [1.807, 2.05) is 15.5 Å². The van der Waals surface area contributed by atoms with Crippen LogP contribution in [0.5, 0.6) is 0 Å². The number of likely N-dealkylation sites (N-methyl/N-ethyl adjacent to an activating group) is 1. The summed E-state index contributed by atoms with van der Waals surface area (Å²) in [5, 5.41) is 3.65. The van der Waals surface area contributed by atoms with E-state index < -0.39 is 5.91 Å². The van der Waals surface area contributed by atoms with Crippen LogP contribution in [0, 0.1) is 0 Å². The Morgan fingerprint density at radius 2 is 2.11 bits per heavy atom. The number of nitrogen functional groups attached to an aromatic ring is 1. The van der Waals surface area contributed by atoms with Crippen molar-refractivity contribution in [1.29, 1.82) is 0 Å². The van der Waals surface area contributed by atoms with E-state index in [0.717, 1.165) is 26.1 Å². The number of anilines is 2. The summed E-state index contributed by atoms with van der Waals surface area (Å²) in [5.74, 6) is -0.300. The number of halogens is 1. The fourth-order valence-corrected chi connectivity index (χ4v) is 4.90. The van der Waals surface area contributed by atoms with Crippen molar-refractivity contribution in [2.24, 2.45) is 0 Å². The molecule has 5 rings (SSSR count). The first-order valence-electron chi connectivity index (χ1n) is 12.5. The average Bonchev–Trinajstić information content (AvgIpc) is 3.63. The molecular weight excluding hydrogens is 508 g/mol. The van der Waals surface area contributed by atoms with E-state index in [-0.39, 0.29) is 23.8 Å². The van der Waals surface area contributed by atoms with E-state index in [1.54, 1.807) is 30.5 Å². The lowest BCUT2D eigenvalue weighted by molar-refractivity contribution is -0.125. The molecule has 198 valence electrons. The first-order chi connectivity index (χ1) is 18.4. The second kappa shape index (κ2) is 10.8. The SMILES string of the molecule is CCN(CC)C/C=C/C(=O)N1CCC(n2cc(C(=O)Nc3nc4cc(Cl)ccc4o3)c3c(N)ncnc32)C1. The van der Waals surface area contributed by atoms with Gasteiger partial charge >= 0.3 is 6.01 Å². The van der Waals surface area contributed by atoms with E-state index in [0.29, 0.717) is 45.8 Å². The van der Waals surface area contributed by atoms with Gasteiger partial charge in [-0.3, -0.25) is 14.9 Å². The first-order valence-corrected chi connectivity index (χ1v) is 12.9. The van der Waals surface area contributed by atoms with Gasteiger partial charge in [-0.2, -0.15) is 4.98 Å². The fourth-order valence-electron chi connectivity index (χ4n) is 4.74. The number of aromatic nitrogens is 4. The molecule has 1 aliphatic heterocycles. The highest BCUT2D eigenvalue weighted by molar-refractivity contribution is 6.31. The number of hydrogen-bond acceptors (Lipinski definition) is 8. The molecule has 1 saturated heterocycles. The standard InChI is InChI=1S/C26H29ClN8O3/c1-3-33(4-2)10-5-6-21(36)34-11-9-17(13-34)35-14-18(22-23(28)29-15-30-24(22)35)25(37)32-26-31-19-12-16(27)7-8-20(19)38-26/h5-8,12,14-15,17H,3-4,9-11,13H2,1-2H3,(H2,28,29,30)(H,31,32,37)/b6-5+. The number of nitrogens with one attached hydrogen (secondary N) is 1. The molecule has 0 bridgehead atoms. The van der Waals surface area contributed by atoms with Crippen molar-refractivity contribution in [1.82, 2.24) is 29.3 Å². The van der Waals surface area contributed by atoms with E-state index in [4.69, 9.17) is 21.8 Å². The molecule has 4 aromatic rings. The Morgan fingerprint density at radius 1 is 1.29 bits per heavy atom. The van der Waals surface area contributed by atoms with E-state index in [1.165, 1.54) is 6.33 Å². The molecule has 2 amide bonds. The smallest absolute Gasteiger partial charge is 0.302 e. The number of nitrogens with two attached hydrogens (primary N) is 1. The molecule has 1 atom stereocenters. The topological polar surface area (TPSA) is 135 Å². The third-order valence-corrected chi connectivity index (χ3v) is 7.08.